The summed E-state index contributed by atoms with van der Waals surface area (Å²) in [5.41, 5.74) is 4.35. The molecule has 6 nitrogen and oxygen atoms in total. The predicted molar refractivity (Wildman–Crippen MR) is 130 cm³/mol. The highest BCUT2D eigenvalue weighted by Gasteiger charge is 2.46. The summed E-state index contributed by atoms with van der Waals surface area (Å²) in [5.74, 6) is -0.282. The molecule has 0 aliphatic carbocycles. The molecule has 2 aliphatic rings. The Labute approximate surface area is 200 Å². The summed E-state index contributed by atoms with van der Waals surface area (Å²) in [6, 6.07) is 26.4. The van der Waals surface area contributed by atoms with Gasteiger partial charge in [0.15, 0.2) is 0 Å². The van der Waals surface area contributed by atoms with Crippen LogP contribution in [0.1, 0.15) is 28.3 Å². The molecule has 3 aromatic rings. The fraction of sp³-hybridized carbons (Fsp3) is 0.286. The van der Waals surface area contributed by atoms with Crippen molar-refractivity contribution < 1.29 is 14.7 Å². The second-order valence-electron chi connectivity index (χ2n) is 9.07. The number of aliphatic hydroxyl groups is 1. The molecule has 174 valence electrons. The minimum absolute atomic E-state index is 0.00949. The Hall–Kier alpha value is -3.48. The van der Waals surface area contributed by atoms with E-state index in [1.807, 2.05) is 66.7 Å². The lowest BCUT2D eigenvalue weighted by atomic mass is 10.00. The zero-order chi connectivity index (χ0) is 23.5. The van der Waals surface area contributed by atoms with Gasteiger partial charge in [-0.05, 0) is 28.7 Å². The van der Waals surface area contributed by atoms with E-state index >= 15 is 0 Å². The van der Waals surface area contributed by atoms with E-state index in [1.54, 1.807) is 4.90 Å². The molecule has 2 atom stereocenters. The highest BCUT2D eigenvalue weighted by Crippen LogP contribution is 2.32. The number of imide groups is 1. The molecular formula is C28H29N3O3. The summed E-state index contributed by atoms with van der Waals surface area (Å²) in [7, 11) is 0. The van der Waals surface area contributed by atoms with Crippen molar-refractivity contribution in [2.24, 2.45) is 0 Å². The highest BCUT2D eigenvalue weighted by atomic mass is 16.3. The first kappa shape index (κ1) is 22.3. The molecule has 5 rings (SSSR count). The fourth-order valence-electron chi connectivity index (χ4n) is 4.98. The van der Waals surface area contributed by atoms with Crippen LogP contribution >= 0.6 is 0 Å². The molecule has 0 saturated carbocycles. The molecule has 0 bridgehead atoms. The number of β-amino-alcohol motifs (C(OH)–C–C–N with tert-alkyl or cyclic N) is 1. The van der Waals surface area contributed by atoms with Crippen LogP contribution in [0, 0.1) is 0 Å². The molecule has 2 aliphatic heterocycles. The second-order valence-corrected chi connectivity index (χ2v) is 9.07. The van der Waals surface area contributed by atoms with Gasteiger partial charge < -0.3 is 10.0 Å². The van der Waals surface area contributed by atoms with Crippen molar-refractivity contribution in [3.05, 3.63) is 107 Å². The van der Waals surface area contributed by atoms with Crippen LogP contribution in [0.15, 0.2) is 84.9 Å². The van der Waals surface area contributed by atoms with Crippen LogP contribution in [0.4, 0.5) is 4.79 Å². The summed E-state index contributed by atoms with van der Waals surface area (Å²) in [6.07, 6.45) is 0.122. The SMILES string of the molecule is O=C1C(c2ccccc2)N(Cc2ccccc2)C(=O)N1CC(O)CN1CCc2ccccc2C1. The van der Waals surface area contributed by atoms with Gasteiger partial charge in [-0.15, -0.1) is 0 Å². The van der Waals surface area contributed by atoms with Crippen molar-refractivity contribution in [1.82, 2.24) is 14.7 Å². The summed E-state index contributed by atoms with van der Waals surface area (Å²) in [6.45, 7) is 2.36. The Balaban J connectivity index is 1.31. The monoisotopic (exact) mass is 455 g/mol. The predicted octanol–water partition coefficient (Wildman–Crippen LogP) is 3.61. The molecule has 2 unspecified atom stereocenters. The summed E-state index contributed by atoms with van der Waals surface area (Å²) in [5, 5.41) is 10.9. The maximum absolute atomic E-state index is 13.4. The molecule has 6 heteroatoms. The van der Waals surface area contributed by atoms with Crippen molar-refractivity contribution in [1.29, 1.82) is 0 Å². The third kappa shape index (κ3) is 4.60. The Bertz CT molecular complexity index is 1150. The van der Waals surface area contributed by atoms with Gasteiger partial charge in [0.1, 0.15) is 6.04 Å². The highest BCUT2D eigenvalue weighted by molar-refractivity contribution is 6.04. The van der Waals surface area contributed by atoms with E-state index in [9.17, 15) is 14.7 Å². The number of rotatable bonds is 7. The van der Waals surface area contributed by atoms with Gasteiger partial charge in [-0.2, -0.15) is 0 Å². The van der Waals surface area contributed by atoms with E-state index in [4.69, 9.17) is 0 Å². The summed E-state index contributed by atoms with van der Waals surface area (Å²) >= 11 is 0. The van der Waals surface area contributed by atoms with E-state index in [-0.39, 0.29) is 18.5 Å². The quantitative estimate of drug-likeness (QED) is 0.553. The number of hydrogen-bond donors (Lipinski definition) is 1. The smallest absolute Gasteiger partial charge is 0.328 e. The molecule has 1 saturated heterocycles. The van der Waals surface area contributed by atoms with Crippen LogP contribution in [0.2, 0.25) is 0 Å². The Kier molecular flexibility index (Phi) is 6.43. The average molecular weight is 456 g/mol. The van der Waals surface area contributed by atoms with Gasteiger partial charge in [-0.1, -0.05) is 84.9 Å². The molecular weight excluding hydrogens is 426 g/mol. The van der Waals surface area contributed by atoms with Crippen molar-refractivity contribution >= 4 is 11.9 Å². The lowest BCUT2D eigenvalue weighted by Gasteiger charge is -2.31. The largest absolute Gasteiger partial charge is 0.390 e. The Morgan fingerprint density at radius 1 is 0.824 bits per heavy atom. The van der Waals surface area contributed by atoms with E-state index < -0.39 is 12.1 Å². The number of benzene rings is 3. The first-order valence-corrected chi connectivity index (χ1v) is 11.8. The summed E-state index contributed by atoms with van der Waals surface area (Å²) in [4.78, 5) is 31.9. The van der Waals surface area contributed by atoms with Crippen LogP contribution in [-0.2, 0) is 24.3 Å². The number of hydrogen-bond acceptors (Lipinski definition) is 4. The van der Waals surface area contributed by atoms with Crippen molar-refractivity contribution in [3.63, 3.8) is 0 Å². The molecule has 0 radical (unpaired) electrons. The zero-order valence-corrected chi connectivity index (χ0v) is 19.1. The fourth-order valence-corrected chi connectivity index (χ4v) is 4.98. The van der Waals surface area contributed by atoms with Gasteiger partial charge >= 0.3 is 6.03 Å². The average Bonchev–Trinajstić information content (AvgIpc) is 3.09. The van der Waals surface area contributed by atoms with Crippen molar-refractivity contribution in [3.8, 4) is 0 Å². The van der Waals surface area contributed by atoms with E-state index in [0.29, 0.717) is 13.1 Å². The molecule has 3 aromatic carbocycles. The second kappa shape index (κ2) is 9.79. The third-order valence-corrected chi connectivity index (χ3v) is 6.67. The topological polar surface area (TPSA) is 64.1 Å². The number of nitrogens with zero attached hydrogens (tertiary/aromatic N) is 3. The first-order chi connectivity index (χ1) is 16.6. The minimum atomic E-state index is -0.814. The van der Waals surface area contributed by atoms with E-state index in [0.717, 1.165) is 30.6 Å². The standard InChI is InChI=1S/C28H29N3O3/c32-25(19-29-16-15-22-11-7-8-14-24(22)18-29)20-31-27(33)26(23-12-5-2-6-13-23)30(28(31)34)17-21-9-3-1-4-10-21/h1-14,25-26,32H,15-20H2. The number of fused-ring (bicyclic) bond motifs is 1. The van der Waals surface area contributed by atoms with Crippen LogP contribution in [0.3, 0.4) is 0 Å². The number of amides is 3. The number of urea groups is 1. The van der Waals surface area contributed by atoms with Crippen LogP contribution in [0.5, 0.6) is 0 Å². The van der Waals surface area contributed by atoms with Gasteiger partial charge in [-0.3, -0.25) is 14.6 Å². The van der Waals surface area contributed by atoms with Gasteiger partial charge in [0.2, 0.25) is 0 Å². The Morgan fingerprint density at radius 2 is 1.47 bits per heavy atom. The summed E-state index contributed by atoms with van der Waals surface area (Å²) < 4.78 is 0. The van der Waals surface area contributed by atoms with Crippen LogP contribution in [-0.4, -0.2) is 57.5 Å². The molecule has 3 amide bonds. The molecule has 0 aromatic heterocycles. The zero-order valence-electron chi connectivity index (χ0n) is 19.1. The third-order valence-electron chi connectivity index (χ3n) is 6.67. The number of aliphatic hydroxyl groups excluding tert-OH is 1. The lowest BCUT2D eigenvalue weighted by Crippen LogP contribution is -2.44. The first-order valence-electron chi connectivity index (χ1n) is 11.8. The Morgan fingerprint density at radius 3 is 2.21 bits per heavy atom. The number of carbonyl (C=O) groups excluding carboxylic acids is 2. The normalized spacial score (nSPS) is 19.4. The molecule has 2 heterocycles. The minimum Gasteiger partial charge on any atom is -0.390 e. The van der Waals surface area contributed by atoms with E-state index in [2.05, 4.69) is 23.1 Å². The molecule has 1 fully saturated rings. The number of carbonyl (C=O) groups is 2. The maximum Gasteiger partial charge on any atom is 0.328 e. The maximum atomic E-state index is 13.4. The molecule has 34 heavy (non-hydrogen) atoms. The van der Waals surface area contributed by atoms with Crippen LogP contribution in [0.25, 0.3) is 0 Å². The van der Waals surface area contributed by atoms with Crippen molar-refractivity contribution in [2.45, 2.75) is 31.7 Å². The van der Waals surface area contributed by atoms with Gasteiger partial charge in [0, 0.05) is 26.2 Å². The van der Waals surface area contributed by atoms with Crippen LogP contribution < -0.4 is 0 Å². The molecule has 0 spiro atoms. The lowest BCUT2D eigenvalue weighted by molar-refractivity contribution is -0.129. The van der Waals surface area contributed by atoms with Gasteiger partial charge in [0.05, 0.1) is 12.6 Å². The van der Waals surface area contributed by atoms with Crippen molar-refractivity contribution in [2.75, 3.05) is 19.6 Å². The van der Waals surface area contributed by atoms with E-state index in [1.165, 1.54) is 16.0 Å². The van der Waals surface area contributed by atoms with Gasteiger partial charge in [0.25, 0.3) is 5.91 Å². The molecule has 1 N–H and O–H groups in total. The van der Waals surface area contributed by atoms with Gasteiger partial charge in [-0.25, -0.2) is 4.79 Å².